The molecule has 0 saturated carbocycles. The Hall–Kier alpha value is -2.81. The van der Waals surface area contributed by atoms with Gasteiger partial charge in [-0.25, -0.2) is 0 Å². The average Bonchev–Trinajstić information content (AvgIpc) is 2.31. The van der Waals surface area contributed by atoms with Crippen molar-refractivity contribution in [1.82, 2.24) is 5.32 Å². The van der Waals surface area contributed by atoms with Crippen LogP contribution in [0.15, 0.2) is 85.1 Å². The second-order valence-corrected chi connectivity index (χ2v) is 29.6. The van der Waals surface area contributed by atoms with E-state index in [9.17, 15) is 19.0 Å². The molecule has 93 heavy (non-hydrogen) atoms. The first-order chi connectivity index (χ1) is 45.4. The Morgan fingerprint density at radius 3 is 1.03 bits per heavy atom. The van der Waals surface area contributed by atoms with E-state index in [4.69, 9.17) is 13.8 Å². The minimum Gasteiger partial charge on any atom is -0.756 e. The molecule has 0 fully saturated rings. The van der Waals surface area contributed by atoms with Crippen molar-refractivity contribution in [3.8, 4) is 0 Å². The number of unbranched alkanes of at least 4 members (excludes halogenated alkanes) is 45. The molecule has 0 aliphatic heterocycles. The molecule has 0 spiro atoms. The lowest BCUT2D eigenvalue weighted by molar-refractivity contribution is -0.870. The number of carbonyl (C=O) groups excluding carboxylic acids is 2. The SMILES string of the molecule is CC/C=C\C/C=C\C/C=C\C/C=C\C/C=C\C/C=C\CCCCCCCCCCC(=O)NC(COP(=O)([O-])OCC[N+](C)(C)C)C(/C=C/CCCCCCCCCCCCC)OC(=O)CCCCCCCCCCCCCCCCCCCCCCCCCCCCC. The highest BCUT2D eigenvalue weighted by Gasteiger charge is 2.27. The second kappa shape index (κ2) is 71.9. The maximum absolute atomic E-state index is 13.7. The standard InChI is InChI=1S/C83H153N2O7P/c1-7-10-13-16-19-22-25-28-30-32-34-36-38-40-42-44-46-48-50-52-54-57-60-63-66-69-72-75-82(86)84-80(79-91-93(88,89)90-78-77-85(4,5)6)81(74-71-68-65-62-59-56-27-24-21-18-15-12-9-3)92-83(87)76-73-70-67-64-61-58-55-53-51-49-47-45-43-41-39-37-35-33-31-29-26-23-20-17-14-11-8-2/h10,13,19,22,28,30,34,36,40,42,46,48,71,74,80-81H,7-9,11-12,14-18,20-21,23-27,29,31-33,35,37-39,41,43-45,47,49-70,72-73,75-79H2,1-6H3,(H-,84,86,88,89)/b13-10-,22-19-,30-28-,36-34-,42-40-,48-46-,74-71+. The number of hydrogen-bond donors (Lipinski definition) is 1. The molecular weight excluding hydrogens is 1170 g/mol. The van der Waals surface area contributed by atoms with Crippen LogP contribution in [0.1, 0.15) is 380 Å². The molecule has 0 aromatic rings. The highest BCUT2D eigenvalue weighted by atomic mass is 31.2. The lowest BCUT2D eigenvalue weighted by atomic mass is 10.0. The van der Waals surface area contributed by atoms with Crippen LogP contribution in [0.4, 0.5) is 0 Å². The van der Waals surface area contributed by atoms with Gasteiger partial charge in [0.25, 0.3) is 7.82 Å². The third-order valence-electron chi connectivity index (χ3n) is 17.8. The zero-order valence-electron chi connectivity index (χ0n) is 62.2. The predicted molar refractivity (Wildman–Crippen MR) is 404 cm³/mol. The van der Waals surface area contributed by atoms with Gasteiger partial charge in [-0.05, 0) is 83.1 Å². The van der Waals surface area contributed by atoms with Crippen molar-refractivity contribution in [2.45, 2.75) is 392 Å². The van der Waals surface area contributed by atoms with Gasteiger partial charge in [-0.1, -0.05) is 369 Å². The summed E-state index contributed by atoms with van der Waals surface area (Å²) in [6, 6.07) is -0.897. The topological polar surface area (TPSA) is 114 Å². The van der Waals surface area contributed by atoms with Crippen molar-refractivity contribution < 1.29 is 37.3 Å². The number of ether oxygens (including phenoxy) is 1. The lowest BCUT2D eigenvalue weighted by Crippen LogP contribution is -2.47. The number of phosphoric acid groups is 1. The monoisotopic (exact) mass is 1320 g/mol. The highest BCUT2D eigenvalue weighted by molar-refractivity contribution is 7.45. The van der Waals surface area contributed by atoms with Crippen molar-refractivity contribution in [1.29, 1.82) is 0 Å². The summed E-state index contributed by atoms with van der Waals surface area (Å²) in [4.78, 5) is 40.4. The van der Waals surface area contributed by atoms with Crippen LogP contribution in [-0.4, -0.2) is 69.4 Å². The predicted octanol–water partition coefficient (Wildman–Crippen LogP) is 25.4. The first-order valence-corrected chi connectivity index (χ1v) is 41.4. The van der Waals surface area contributed by atoms with E-state index in [1.54, 1.807) is 0 Å². The van der Waals surface area contributed by atoms with Crippen LogP contribution in [0.2, 0.25) is 0 Å². The molecule has 1 N–H and O–H groups in total. The normalized spacial score (nSPS) is 13.8. The van der Waals surface area contributed by atoms with Crippen molar-refractivity contribution in [2.75, 3.05) is 40.9 Å². The number of hydrogen-bond acceptors (Lipinski definition) is 7. The molecule has 0 aromatic heterocycles. The fourth-order valence-corrected chi connectivity index (χ4v) is 12.5. The summed E-state index contributed by atoms with van der Waals surface area (Å²) in [7, 11) is 1.19. The minimum absolute atomic E-state index is 0.0252. The highest BCUT2D eigenvalue weighted by Crippen LogP contribution is 2.38. The maximum atomic E-state index is 13.7. The van der Waals surface area contributed by atoms with Gasteiger partial charge in [-0.15, -0.1) is 0 Å². The van der Waals surface area contributed by atoms with Gasteiger partial charge >= 0.3 is 5.97 Å². The molecule has 10 heteroatoms. The molecule has 0 aromatic carbocycles. The Bertz CT molecular complexity index is 1870. The number of quaternary nitrogens is 1. The Kier molecular flexibility index (Phi) is 69.8. The Labute approximate surface area is 577 Å². The van der Waals surface area contributed by atoms with Crippen LogP contribution in [0.3, 0.4) is 0 Å². The van der Waals surface area contributed by atoms with Gasteiger partial charge in [-0.3, -0.25) is 14.2 Å². The third kappa shape index (κ3) is 73.3. The fourth-order valence-electron chi connectivity index (χ4n) is 11.8. The van der Waals surface area contributed by atoms with Crippen LogP contribution in [0.25, 0.3) is 0 Å². The number of nitrogens with zero attached hydrogens (tertiary/aromatic N) is 1. The summed E-state index contributed by atoms with van der Waals surface area (Å²) in [5.74, 6) is -0.536. The van der Waals surface area contributed by atoms with Gasteiger partial charge in [0.15, 0.2) is 0 Å². The molecule has 0 aliphatic rings. The van der Waals surface area contributed by atoms with E-state index in [1.165, 1.54) is 238 Å². The van der Waals surface area contributed by atoms with Crippen LogP contribution in [-0.2, 0) is 27.9 Å². The van der Waals surface area contributed by atoms with Crippen molar-refractivity contribution in [2.24, 2.45) is 0 Å². The summed E-state index contributed by atoms with van der Waals surface area (Å²) in [5, 5.41) is 3.05. The van der Waals surface area contributed by atoms with E-state index in [0.717, 1.165) is 109 Å². The summed E-state index contributed by atoms with van der Waals surface area (Å²) < 4.78 is 30.6. The number of nitrogens with one attached hydrogen (secondary N) is 1. The molecule has 0 saturated heterocycles. The Balaban J connectivity index is 4.97. The van der Waals surface area contributed by atoms with E-state index in [0.29, 0.717) is 17.4 Å². The summed E-state index contributed by atoms with van der Waals surface area (Å²) in [6.45, 7) is 6.78. The Morgan fingerprint density at radius 2 is 0.688 bits per heavy atom. The number of phosphoric ester groups is 1. The van der Waals surface area contributed by atoms with E-state index < -0.39 is 26.6 Å². The number of amides is 1. The molecule has 1 amide bonds. The smallest absolute Gasteiger partial charge is 0.306 e. The number of esters is 1. The molecule has 0 aliphatic carbocycles. The van der Waals surface area contributed by atoms with Crippen LogP contribution in [0.5, 0.6) is 0 Å². The van der Waals surface area contributed by atoms with Gasteiger partial charge < -0.3 is 28.5 Å². The van der Waals surface area contributed by atoms with Gasteiger partial charge in [0, 0.05) is 12.8 Å². The van der Waals surface area contributed by atoms with Gasteiger partial charge in [0.2, 0.25) is 5.91 Å². The van der Waals surface area contributed by atoms with Crippen molar-refractivity contribution >= 4 is 19.7 Å². The molecule has 0 radical (unpaired) electrons. The Morgan fingerprint density at radius 1 is 0.387 bits per heavy atom. The minimum atomic E-state index is -4.72. The van der Waals surface area contributed by atoms with Crippen LogP contribution >= 0.6 is 7.82 Å². The quantitative estimate of drug-likeness (QED) is 0.0212. The lowest BCUT2D eigenvalue weighted by Gasteiger charge is -2.30. The average molecular weight is 1320 g/mol. The maximum Gasteiger partial charge on any atom is 0.306 e. The largest absolute Gasteiger partial charge is 0.756 e. The fraction of sp³-hybridized carbons (Fsp3) is 0.807. The third-order valence-corrected chi connectivity index (χ3v) is 18.8. The van der Waals surface area contributed by atoms with Crippen LogP contribution in [0, 0.1) is 0 Å². The zero-order chi connectivity index (χ0) is 67.8. The van der Waals surface area contributed by atoms with E-state index >= 15 is 0 Å². The van der Waals surface area contributed by atoms with Gasteiger partial charge in [0.1, 0.15) is 19.3 Å². The van der Waals surface area contributed by atoms with Gasteiger partial charge in [0.05, 0.1) is 33.8 Å². The summed E-state index contributed by atoms with van der Waals surface area (Å²) >= 11 is 0. The summed E-state index contributed by atoms with van der Waals surface area (Å²) in [5.41, 5.74) is 0. The molecule has 3 atom stereocenters. The van der Waals surface area contributed by atoms with Crippen LogP contribution < -0.4 is 10.2 Å². The van der Waals surface area contributed by atoms with Crippen molar-refractivity contribution in [3.63, 3.8) is 0 Å². The van der Waals surface area contributed by atoms with Gasteiger partial charge in [-0.2, -0.15) is 0 Å². The molecule has 0 heterocycles. The van der Waals surface area contributed by atoms with Crippen molar-refractivity contribution in [3.05, 3.63) is 85.1 Å². The molecule has 0 rings (SSSR count). The number of allylic oxidation sites excluding steroid dienone is 13. The molecule has 0 bridgehead atoms. The zero-order valence-corrected chi connectivity index (χ0v) is 63.1. The molecule has 542 valence electrons. The van der Waals surface area contributed by atoms with E-state index in [1.807, 2.05) is 33.3 Å². The number of carbonyl (C=O) groups is 2. The first kappa shape index (κ1) is 90.2. The first-order valence-electron chi connectivity index (χ1n) is 39.9. The molecule has 3 unspecified atom stereocenters. The number of likely N-dealkylation sites (N-methyl/N-ethyl adjacent to an activating group) is 1. The molecule has 9 nitrogen and oxygen atoms in total. The van der Waals surface area contributed by atoms with E-state index in [-0.39, 0.29) is 24.9 Å². The number of rotatable bonds is 73. The second-order valence-electron chi connectivity index (χ2n) is 28.2. The van der Waals surface area contributed by atoms with E-state index in [2.05, 4.69) is 99.0 Å². The molecular formula is C83H153N2O7P. The summed E-state index contributed by atoms with van der Waals surface area (Å²) in [6.07, 6.45) is 97.3.